The summed E-state index contributed by atoms with van der Waals surface area (Å²) in [4.78, 5) is 0. The molecular weight excluding hydrogens is 188 g/mol. The molecule has 15 heavy (non-hydrogen) atoms. The number of aliphatic hydroxyl groups is 1. The van der Waals surface area contributed by atoms with Crippen LogP contribution in [-0.4, -0.2) is 12.2 Å². The highest BCUT2D eigenvalue weighted by Crippen LogP contribution is 2.40. The topological polar surface area (TPSA) is 29.5 Å². The van der Waals surface area contributed by atoms with Crippen LogP contribution >= 0.6 is 0 Å². The molecule has 0 saturated heterocycles. The summed E-state index contributed by atoms with van der Waals surface area (Å²) in [6.45, 7) is 0. The van der Waals surface area contributed by atoms with Crippen molar-refractivity contribution < 1.29 is 9.84 Å². The number of ether oxygens (including phenoxy) is 1. The molecule has 2 aromatic rings. The summed E-state index contributed by atoms with van der Waals surface area (Å²) in [7, 11) is 1.68. The van der Waals surface area contributed by atoms with Crippen molar-refractivity contribution in [1.82, 2.24) is 0 Å². The van der Waals surface area contributed by atoms with Gasteiger partial charge in [0.05, 0.1) is 13.2 Å². The lowest BCUT2D eigenvalue weighted by molar-refractivity contribution is 0.185. The van der Waals surface area contributed by atoms with Gasteiger partial charge < -0.3 is 9.84 Å². The first-order valence-corrected chi connectivity index (χ1v) is 5.08. The summed E-state index contributed by atoms with van der Waals surface area (Å²) in [6, 6.07) is 10.0. The fraction of sp³-hybridized carbons (Fsp3) is 0.231. The molecule has 0 heterocycles. The number of aliphatic hydroxyl groups excluding tert-OH is 1. The van der Waals surface area contributed by atoms with Gasteiger partial charge >= 0.3 is 0 Å². The average Bonchev–Trinajstić information content (AvgIpc) is 2.59. The van der Waals surface area contributed by atoms with Crippen molar-refractivity contribution in [1.29, 1.82) is 0 Å². The van der Waals surface area contributed by atoms with Crippen LogP contribution in [-0.2, 0) is 6.42 Å². The Morgan fingerprint density at radius 2 is 2.13 bits per heavy atom. The van der Waals surface area contributed by atoms with Crippen LogP contribution in [0.1, 0.15) is 17.2 Å². The van der Waals surface area contributed by atoms with Crippen LogP contribution in [0.3, 0.4) is 0 Å². The molecule has 76 valence electrons. The van der Waals surface area contributed by atoms with E-state index in [2.05, 4.69) is 0 Å². The molecule has 0 aromatic heterocycles. The first-order valence-electron chi connectivity index (χ1n) is 5.08. The van der Waals surface area contributed by atoms with Crippen LogP contribution in [0.15, 0.2) is 30.3 Å². The minimum Gasteiger partial charge on any atom is -0.496 e. The van der Waals surface area contributed by atoms with Crippen molar-refractivity contribution in [2.24, 2.45) is 0 Å². The van der Waals surface area contributed by atoms with Crippen molar-refractivity contribution in [3.8, 4) is 5.75 Å². The predicted octanol–water partition coefficient (Wildman–Crippen LogP) is 2.44. The highest BCUT2D eigenvalue weighted by Gasteiger charge is 2.23. The van der Waals surface area contributed by atoms with Crippen molar-refractivity contribution >= 4 is 10.8 Å². The van der Waals surface area contributed by atoms with E-state index in [9.17, 15) is 5.11 Å². The van der Waals surface area contributed by atoms with Crippen LogP contribution in [0.25, 0.3) is 10.8 Å². The first-order chi connectivity index (χ1) is 7.31. The standard InChI is InChI=1S/C13H12O2/c1-15-12-6-5-8-7-11(14)9-3-2-4-10(12)13(8)9/h2-6,11,14H,7H2,1H3. The lowest BCUT2D eigenvalue weighted by Crippen LogP contribution is -1.91. The second kappa shape index (κ2) is 2.97. The summed E-state index contributed by atoms with van der Waals surface area (Å²) in [5, 5.41) is 12.2. The third kappa shape index (κ3) is 1.08. The predicted molar refractivity (Wildman–Crippen MR) is 59.2 cm³/mol. The van der Waals surface area contributed by atoms with Gasteiger partial charge in [-0.2, -0.15) is 0 Å². The van der Waals surface area contributed by atoms with Crippen molar-refractivity contribution in [3.63, 3.8) is 0 Å². The normalized spacial score (nSPS) is 18.4. The van der Waals surface area contributed by atoms with E-state index < -0.39 is 0 Å². The largest absolute Gasteiger partial charge is 0.496 e. The molecule has 3 rings (SSSR count). The Labute approximate surface area is 88.1 Å². The van der Waals surface area contributed by atoms with Gasteiger partial charge in [-0.3, -0.25) is 0 Å². The van der Waals surface area contributed by atoms with E-state index in [-0.39, 0.29) is 6.10 Å². The Morgan fingerprint density at radius 1 is 1.27 bits per heavy atom. The van der Waals surface area contributed by atoms with Gasteiger partial charge in [0.2, 0.25) is 0 Å². The fourth-order valence-corrected chi connectivity index (χ4v) is 2.43. The molecule has 2 aromatic carbocycles. The van der Waals surface area contributed by atoms with Crippen LogP contribution in [0.4, 0.5) is 0 Å². The molecule has 1 N–H and O–H groups in total. The minimum atomic E-state index is -0.351. The number of methoxy groups -OCH3 is 1. The Bertz CT molecular complexity index is 531. The maximum absolute atomic E-state index is 9.89. The third-order valence-electron chi connectivity index (χ3n) is 3.11. The molecule has 1 atom stereocenters. The van der Waals surface area contributed by atoms with Gasteiger partial charge in [-0.25, -0.2) is 0 Å². The van der Waals surface area contributed by atoms with Gasteiger partial charge in [-0.15, -0.1) is 0 Å². The zero-order valence-electron chi connectivity index (χ0n) is 8.53. The highest BCUT2D eigenvalue weighted by molar-refractivity contribution is 5.95. The summed E-state index contributed by atoms with van der Waals surface area (Å²) in [5.74, 6) is 0.879. The summed E-state index contributed by atoms with van der Waals surface area (Å²) in [5.41, 5.74) is 2.25. The molecule has 0 saturated carbocycles. The maximum Gasteiger partial charge on any atom is 0.126 e. The SMILES string of the molecule is COc1ccc2c3c(cccc13)C(O)C2. The van der Waals surface area contributed by atoms with Gasteiger partial charge in [0, 0.05) is 11.8 Å². The summed E-state index contributed by atoms with van der Waals surface area (Å²) >= 11 is 0. The molecule has 0 radical (unpaired) electrons. The molecule has 0 bridgehead atoms. The Kier molecular flexibility index (Phi) is 1.73. The molecule has 0 fully saturated rings. The average molecular weight is 200 g/mol. The lowest BCUT2D eigenvalue weighted by atomic mass is 10.0. The second-order valence-electron chi connectivity index (χ2n) is 3.92. The van der Waals surface area contributed by atoms with E-state index in [0.29, 0.717) is 0 Å². The molecule has 1 aliphatic rings. The summed E-state index contributed by atoms with van der Waals surface area (Å²) in [6.07, 6.45) is 0.371. The van der Waals surface area contributed by atoms with E-state index in [1.807, 2.05) is 30.3 Å². The van der Waals surface area contributed by atoms with Gasteiger partial charge in [-0.05, 0) is 22.6 Å². The van der Waals surface area contributed by atoms with Crippen molar-refractivity contribution in [2.45, 2.75) is 12.5 Å². The molecule has 1 unspecified atom stereocenters. The second-order valence-corrected chi connectivity index (χ2v) is 3.92. The lowest BCUT2D eigenvalue weighted by Gasteiger charge is -2.07. The van der Waals surface area contributed by atoms with E-state index in [4.69, 9.17) is 4.74 Å². The Morgan fingerprint density at radius 3 is 2.93 bits per heavy atom. The molecule has 0 amide bonds. The molecular formula is C13H12O2. The molecule has 0 spiro atoms. The van der Waals surface area contributed by atoms with Gasteiger partial charge in [0.15, 0.2) is 0 Å². The van der Waals surface area contributed by atoms with E-state index >= 15 is 0 Å². The zero-order chi connectivity index (χ0) is 10.4. The fourth-order valence-electron chi connectivity index (χ4n) is 2.43. The number of rotatable bonds is 1. The van der Waals surface area contributed by atoms with Crippen molar-refractivity contribution in [3.05, 3.63) is 41.5 Å². The van der Waals surface area contributed by atoms with Gasteiger partial charge in [-0.1, -0.05) is 24.3 Å². The van der Waals surface area contributed by atoms with Crippen LogP contribution < -0.4 is 4.74 Å². The van der Waals surface area contributed by atoms with Crippen LogP contribution in [0, 0.1) is 0 Å². The number of hydrogen-bond donors (Lipinski definition) is 1. The number of benzene rings is 2. The highest BCUT2D eigenvalue weighted by atomic mass is 16.5. The molecule has 1 aliphatic carbocycles. The minimum absolute atomic E-state index is 0.351. The van der Waals surface area contributed by atoms with Crippen molar-refractivity contribution in [2.75, 3.05) is 7.11 Å². The maximum atomic E-state index is 9.89. The van der Waals surface area contributed by atoms with E-state index in [0.717, 1.165) is 23.1 Å². The monoisotopic (exact) mass is 200 g/mol. The van der Waals surface area contributed by atoms with E-state index in [1.165, 1.54) is 10.9 Å². The summed E-state index contributed by atoms with van der Waals surface area (Å²) < 4.78 is 5.32. The number of hydrogen-bond acceptors (Lipinski definition) is 2. The molecule has 0 aliphatic heterocycles. The molecule has 2 heteroatoms. The van der Waals surface area contributed by atoms with Gasteiger partial charge in [0.25, 0.3) is 0 Å². The van der Waals surface area contributed by atoms with Crippen LogP contribution in [0.2, 0.25) is 0 Å². The Balaban J connectivity index is 2.44. The smallest absolute Gasteiger partial charge is 0.126 e. The van der Waals surface area contributed by atoms with Crippen LogP contribution in [0.5, 0.6) is 5.75 Å². The Hall–Kier alpha value is -1.54. The van der Waals surface area contributed by atoms with E-state index in [1.54, 1.807) is 7.11 Å². The zero-order valence-corrected chi connectivity index (χ0v) is 8.53. The first kappa shape index (κ1) is 8.74. The quantitative estimate of drug-likeness (QED) is 0.766. The van der Waals surface area contributed by atoms with Gasteiger partial charge in [0.1, 0.15) is 5.75 Å². The third-order valence-corrected chi connectivity index (χ3v) is 3.11. The molecule has 2 nitrogen and oxygen atoms in total.